The maximum absolute atomic E-state index is 12.3. The maximum atomic E-state index is 12.3. The van der Waals surface area contributed by atoms with Crippen LogP contribution in [-0.2, 0) is 0 Å². The van der Waals surface area contributed by atoms with Crippen LogP contribution < -0.4 is 5.73 Å². The van der Waals surface area contributed by atoms with E-state index in [0.29, 0.717) is 12.1 Å². The minimum atomic E-state index is 0. The number of likely N-dealkylation sites (N-methyl/N-ethyl adjacent to an activating group) is 1. The summed E-state index contributed by atoms with van der Waals surface area (Å²) in [7, 11) is 1.79. The first-order chi connectivity index (χ1) is 8.63. The van der Waals surface area contributed by atoms with Crippen molar-refractivity contribution in [2.75, 3.05) is 13.6 Å². The number of nitrogens with zero attached hydrogens (tertiary/aromatic N) is 1. The molecule has 1 atom stereocenters. The van der Waals surface area contributed by atoms with Gasteiger partial charge in [-0.3, -0.25) is 4.79 Å². The molecule has 4 heteroatoms. The second-order valence-electron chi connectivity index (χ2n) is 4.56. The van der Waals surface area contributed by atoms with E-state index in [1.54, 1.807) is 11.9 Å². The van der Waals surface area contributed by atoms with E-state index in [4.69, 9.17) is 5.73 Å². The lowest BCUT2D eigenvalue weighted by Crippen LogP contribution is -2.39. The zero-order valence-corrected chi connectivity index (χ0v) is 12.0. The molecule has 2 rings (SSSR count). The van der Waals surface area contributed by atoms with E-state index in [-0.39, 0.29) is 24.4 Å². The van der Waals surface area contributed by atoms with E-state index in [2.05, 4.69) is 0 Å². The molecule has 0 aliphatic rings. The van der Waals surface area contributed by atoms with Crippen LogP contribution in [0, 0.1) is 0 Å². The monoisotopic (exact) mass is 278 g/mol. The largest absolute Gasteiger partial charge is 0.338 e. The Bertz CT molecular complexity index is 571. The summed E-state index contributed by atoms with van der Waals surface area (Å²) in [6.07, 6.45) is 0. The molecule has 2 aromatic carbocycles. The van der Waals surface area contributed by atoms with E-state index in [0.717, 1.165) is 10.8 Å². The third-order valence-electron chi connectivity index (χ3n) is 3.32. The molecule has 0 spiro atoms. The van der Waals surface area contributed by atoms with Gasteiger partial charge in [-0.15, -0.1) is 12.4 Å². The molecule has 0 aliphatic carbocycles. The van der Waals surface area contributed by atoms with Crippen molar-refractivity contribution in [2.24, 2.45) is 5.73 Å². The van der Waals surface area contributed by atoms with Gasteiger partial charge < -0.3 is 10.6 Å². The number of rotatable bonds is 3. The number of fused-ring (bicyclic) bond motifs is 1. The van der Waals surface area contributed by atoms with E-state index >= 15 is 0 Å². The highest BCUT2D eigenvalue weighted by atomic mass is 35.5. The first-order valence-electron chi connectivity index (χ1n) is 6.09. The van der Waals surface area contributed by atoms with Gasteiger partial charge in [0.15, 0.2) is 0 Å². The van der Waals surface area contributed by atoms with Crippen molar-refractivity contribution in [1.29, 1.82) is 0 Å². The highest BCUT2D eigenvalue weighted by Crippen LogP contribution is 2.17. The quantitative estimate of drug-likeness (QED) is 0.938. The van der Waals surface area contributed by atoms with Gasteiger partial charge in [-0.05, 0) is 29.8 Å². The van der Waals surface area contributed by atoms with Crippen molar-refractivity contribution in [3.63, 3.8) is 0 Å². The number of hydrogen-bond donors (Lipinski definition) is 1. The van der Waals surface area contributed by atoms with Crippen LogP contribution in [0.1, 0.15) is 17.3 Å². The standard InChI is InChI=1S/C15H18N2O.ClH/c1-11(10-16)17(2)15(18)14-8-7-12-5-3-4-6-13(12)9-14;/h3-9,11H,10,16H2,1-2H3;1H. The molecule has 0 heterocycles. The van der Waals surface area contributed by atoms with E-state index < -0.39 is 0 Å². The number of nitrogens with two attached hydrogens (primary N) is 1. The van der Waals surface area contributed by atoms with Gasteiger partial charge in [-0.25, -0.2) is 0 Å². The van der Waals surface area contributed by atoms with Crippen LogP contribution in [0.25, 0.3) is 10.8 Å². The molecule has 2 aromatic rings. The smallest absolute Gasteiger partial charge is 0.253 e. The zero-order chi connectivity index (χ0) is 13.1. The highest BCUT2D eigenvalue weighted by molar-refractivity contribution is 5.98. The average molecular weight is 279 g/mol. The molecule has 0 radical (unpaired) electrons. The lowest BCUT2D eigenvalue weighted by Gasteiger charge is -2.23. The predicted molar refractivity (Wildman–Crippen MR) is 81.8 cm³/mol. The van der Waals surface area contributed by atoms with E-state index in [9.17, 15) is 4.79 Å². The fraction of sp³-hybridized carbons (Fsp3) is 0.267. The van der Waals surface area contributed by atoms with Crippen molar-refractivity contribution in [2.45, 2.75) is 13.0 Å². The second-order valence-corrected chi connectivity index (χ2v) is 4.56. The average Bonchev–Trinajstić information content (AvgIpc) is 2.44. The number of carbonyl (C=O) groups is 1. The van der Waals surface area contributed by atoms with Crippen molar-refractivity contribution in [1.82, 2.24) is 4.90 Å². The van der Waals surface area contributed by atoms with Gasteiger partial charge in [-0.2, -0.15) is 0 Å². The lowest BCUT2D eigenvalue weighted by atomic mass is 10.1. The van der Waals surface area contributed by atoms with Crippen LogP contribution in [0.15, 0.2) is 42.5 Å². The molecular weight excluding hydrogens is 260 g/mol. The Kier molecular flexibility index (Phi) is 5.33. The van der Waals surface area contributed by atoms with Crippen LogP contribution >= 0.6 is 12.4 Å². The fourth-order valence-electron chi connectivity index (χ4n) is 1.88. The van der Waals surface area contributed by atoms with Gasteiger partial charge in [0, 0.05) is 25.2 Å². The number of halogens is 1. The van der Waals surface area contributed by atoms with Gasteiger partial charge in [0.05, 0.1) is 0 Å². The van der Waals surface area contributed by atoms with Gasteiger partial charge in [0.2, 0.25) is 0 Å². The summed E-state index contributed by atoms with van der Waals surface area (Å²) in [5.74, 6) is 0.0127. The Morgan fingerprint density at radius 1 is 1.21 bits per heavy atom. The van der Waals surface area contributed by atoms with Crippen LogP contribution in [0.4, 0.5) is 0 Å². The summed E-state index contributed by atoms with van der Waals surface area (Å²) in [6, 6.07) is 13.8. The summed E-state index contributed by atoms with van der Waals surface area (Å²) >= 11 is 0. The SMILES string of the molecule is CC(CN)N(C)C(=O)c1ccc2ccccc2c1.Cl. The van der Waals surface area contributed by atoms with Crippen LogP contribution in [0.5, 0.6) is 0 Å². The van der Waals surface area contributed by atoms with Crippen molar-refractivity contribution in [3.8, 4) is 0 Å². The molecule has 19 heavy (non-hydrogen) atoms. The summed E-state index contributed by atoms with van der Waals surface area (Å²) < 4.78 is 0. The highest BCUT2D eigenvalue weighted by Gasteiger charge is 2.16. The molecule has 0 fully saturated rings. The van der Waals surface area contributed by atoms with Crippen molar-refractivity contribution in [3.05, 3.63) is 48.0 Å². The lowest BCUT2D eigenvalue weighted by molar-refractivity contribution is 0.0748. The molecular formula is C15H19ClN2O. The molecule has 1 unspecified atom stereocenters. The minimum absolute atomic E-state index is 0. The molecule has 0 aliphatic heterocycles. The molecule has 3 nitrogen and oxygen atoms in total. The van der Waals surface area contributed by atoms with E-state index in [1.807, 2.05) is 49.4 Å². The molecule has 1 amide bonds. The van der Waals surface area contributed by atoms with Crippen LogP contribution in [-0.4, -0.2) is 30.4 Å². The van der Waals surface area contributed by atoms with E-state index in [1.165, 1.54) is 0 Å². The number of amides is 1. The Morgan fingerprint density at radius 2 is 1.84 bits per heavy atom. The molecule has 2 N–H and O–H groups in total. The zero-order valence-electron chi connectivity index (χ0n) is 11.2. The summed E-state index contributed by atoms with van der Waals surface area (Å²) in [5, 5.41) is 2.22. The second kappa shape index (κ2) is 6.55. The number of carbonyl (C=O) groups excluding carboxylic acids is 1. The van der Waals surface area contributed by atoms with Crippen LogP contribution in [0.2, 0.25) is 0 Å². The van der Waals surface area contributed by atoms with Gasteiger partial charge in [-0.1, -0.05) is 30.3 Å². The third-order valence-corrected chi connectivity index (χ3v) is 3.32. The van der Waals surface area contributed by atoms with Gasteiger partial charge in [0.25, 0.3) is 5.91 Å². The minimum Gasteiger partial charge on any atom is -0.338 e. The molecule has 0 saturated carbocycles. The Balaban J connectivity index is 0.00000180. The fourth-order valence-corrected chi connectivity index (χ4v) is 1.88. The molecule has 0 saturated heterocycles. The van der Waals surface area contributed by atoms with Crippen molar-refractivity contribution < 1.29 is 4.79 Å². The Morgan fingerprint density at radius 3 is 2.47 bits per heavy atom. The third kappa shape index (κ3) is 3.25. The first kappa shape index (κ1) is 15.5. The maximum Gasteiger partial charge on any atom is 0.253 e. The first-order valence-corrected chi connectivity index (χ1v) is 6.09. The summed E-state index contributed by atoms with van der Waals surface area (Å²) in [4.78, 5) is 13.9. The Labute approximate surface area is 119 Å². The molecule has 0 aromatic heterocycles. The summed E-state index contributed by atoms with van der Waals surface area (Å²) in [5.41, 5.74) is 6.29. The normalized spacial score (nSPS) is 11.7. The van der Waals surface area contributed by atoms with Gasteiger partial charge >= 0.3 is 0 Å². The van der Waals surface area contributed by atoms with Gasteiger partial charge in [0.1, 0.15) is 0 Å². The van der Waals surface area contributed by atoms with Crippen LogP contribution in [0.3, 0.4) is 0 Å². The predicted octanol–water partition coefficient (Wildman–Crippen LogP) is 2.68. The molecule has 102 valence electrons. The topological polar surface area (TPSA) is 46.3 Å². The Hall–Kier alpha value is -1.58. The van der Waals surface area contributed by atoms with Crippen molar-refractivity contribution >= 4 is 29.1 Å². The molecule has 0 bridgehead atoms. The summed E-state index contributed by atoms with van der Waals surface area (Å²) in [6.45, 7) is 2.41. The number of hydrogen-bond acceptors (Lipinski definition) is 2. The number of benzene rings is 2.